The van der Waals surface area contributed by atoms with E-state index in [-0.39, 0.29) is 47.4 Å². The van der Waals surface area contributed by atoms with Crippen molar-refractivity contribution in [2.24, 2.45) is 0 Å². The van der Waals surface area contributed by atoms with Gasteiger partial charge in [0.15, 0.2) is 0 Å². The number of nitrogen functional groups attached to an aromatic ring is 1. The van der Waals surface area contributed by atoms with Crippen LogP contribution in [0.15, 0.2) is 91.3 Å². The fourth-order valence-corrected chi connectivity index (χ4v) is 7.39. The average molecular weight is 830 g/mol. The molecule has 0 saturated carbocycles. The standard InChI is InChI=1S/C44H47N9O8/c45-39(28-14-16-31(17-15-28)61-30-9-2-1-3-10-30)38-40(46)48-27-49-41(38)50-29-8-7-21-52(26-29)36(55)13-4-5-22-59-24-25-60-23-20-47-33-12-6-11-32-37(33)44(58)53(43(32)57)34-18-19-35(54)51-42(34)56/h1-4,6,9-17,27,29,34,45,47H,5,7-8,18-26H2,(H,51,54,56)(H3,46,48,49,50)/b13-4+,45-39?. The highest BCUT2D eigenvalue weighted by molar-refractivity contribution is 6.25. The Morgan fingerprint density at radius 1 is 0.902 bits per heavy atom. The summed E-state index contributed by atoms with van der Waals surface area (Å²) in [6, 6.07) is 20.4. The number of aromatic nitrogens is 2. The summed E-state index contributed by atoms with van der Waals surface area (Å²) in [5.74, 6) is -0.366. The molecule has 6 N–H and O–H groups in total. The molecule has 2 saturated heterocycles. The lowest BCUT2D eigenvalue weighted by molar-refractivity contribution is -0.136. The Morgan fingerprint density at radius 2 is 1.67 bits per heavy atom. The van der Waals surface area contributed by atoms with Crippen molar-refractivity contribution in [3.05, 3.63) is 114 Å². The van der Waals surface area contributed by atoms with Gasteiger partial charge in [-0.05, 0) is 80.3 Å². The summed E-state index contributed by atoms with van der Waals surface area (Å²) < 4.78 is 17.2. The molecule has 61 heavy (non-hydrogen) atoms. The van der Waals surface area contributed by atoms with Gasteiger partial charge in [0.05, 0.1) is 48.8 Å². The minimum absolute atomic E-state index is 0.0512. The second-order valence-corrected chi connectivity index (χ2v) is 14.6. The third kappa shape index (κ3) is 10.3. The van der Waals surface area contributed by atoms with E-state index in [0.717, 1.165) is 17.7 Å². The number of likely N-dealkylation sites (tertiary alicyclic amines) is 1. The summed E-state index contributed by atoms with van der Waals surface area (Å²) in [7, 11) is 0. The SMILES string of the molecule is N=C(c1ccc(Oc2ccccc2)cc1)c1c(N)ncnc1NC1CCCN(C(=O)/C=C/CCOCCOCCNc2cccc3c2C(=O)N(C2CCC(=O)NC2=O)C3=O)C1. The molecule has 7 rings (SSSR count). The molecule has 0 spiro atoms. The van der Waals surface area contributed by atoms with Gasteiger partial charge < -0.3 is 35.5 Å². The van der Waals surface area contributed by atoms with Crippen molar-refractivity contribution in [2.45, 2.75) is 44.2 Å². The predicted octanol–water partition coefficient (Wildman–Crippen LogP) is 4.16. The van der Waals surface area contributed by atoms with Gasteiger partial charge in [-0.25, -0.2) is 9.97 Å². The number of hydrogen-bond acceptors (Lipinski definition) is 14. The van der Waals surface area contributed by atoms with Crippen LogP contribution < -0.4 is 26.4 Å². The summed E-state index contributed by atoms with van der Waals surface area (Å²) in [5.41, 5.74) is 8.31. The number of fused-ring (bicyclic) bond motifs is 1. The Bertz CT molecular complexity index is 2300. The highest BCUT2D eigenvalue weighted by Gasteiger charge is 2.45. The van der Waals surface area contributed by atoms with Crippen LogP contribution in [0, 0.1) is 5.41 Å². The zero-order chi connectivity index (χ0) is 42.7. The van der Waals surface area contributed by atoms with Crippen LogP contribution in [0.3, 0.4) is 0 Å². The number of benzene rings is 3. The van der Waals surface area contributed by atoms with Crippen LogP contribution in [0.1, 0.15) is 63.9 Å². The quantitative estimate of drug-likeness (QED) is 0.0411. The summed E-state index contributed by atoms with van der Waals surface area (Å²) in [6.45, 7) is 2.81. The van der Waals surface area contributed by atoms with Gasteiger partial charge in [0, 0.05) is 43.3 Å². The monoisotopic (exact) mass is 829 g/mol. The number of rotatable bonds is 18. The Hall–Kier alpha value is -6.98. The zero-order valence-electron chi connectivity index (χ0n) is 33.4. The fourth-order valence-electron chi connectivity index (χ4n) is 7.39. The van der Waals surface area contributed by atoms with E-state index in [9.17, 15) is 24.0 Å². The third-order valence-corrected chi connectivity index (χ3v) is 10.4. The van der Waals surface area contributed by atoms with Gasteiger partial charge in [0.2, 0.25) is 17.7 Å². The normalized spacial score (nSPS) is 17.6. The molecule has 0 radical (unpaired) electrons. The van der Waals surface area contributed by atoms with Crippen molar-refractivity contribution in [1.82, 2.24) is 25.1 Å². The van der Waals surface area contributed by atoms with E-state index in [0.29, 0.717) is 86.6 Å². The van der Waals surface area contributed by atoms with Gasteiger partial charge >= 0.3 is 0 Å². The lowest BCUT2D eigenvalue weighted by Crippen LogP contribution is -2.54. The number of nitrogens with two attached hydrogens (primary N) is 1. The van der Waals surface area contributed by atoms with Crippen molar-refractivity contribution in [1.29, 1.82) is 5.41 Å². The number of nitrogens with zero attached hydrogens (tertiary/aromatic N) is 4. The molecule has 1 aromatic heterocycles. The molecule has 3 aliphatic rings. The zero-order valence-corrected chi connectivity index (χ0v) is 33.4. The van der Waals surface area contributed by atoms with Gasteiger partial charge in [-0.1, -0.05) is 30.3 Å². The Morgan fingerprint density at radius 3 is 2.46 bits per heavy atom. The molecule has 2 atom stereocenters. The lowest BCUT2D eigenvalue weighted by atomic mass is 10.0. The number of para-hydroxylation sites is 1. The second-order valence-electron chi connectivity index (χ2n) is 14.6. The van der Waals surface area contributed by atoms with Crippen LogP contribution in [-0.2, 0) is 23.9 Å². The smallest absolute Gasteiger partial charge is 0.264 e. The maximum atomic E-state index is 13.3. The minimum Gasteiger partial charge on any atom is -0.457 e. The second kappa shape index (κ2) is 19.8. The summed E-state index contributed by atoms with van der Waals surface area (Å²) >= 11 is 0. The number of hydrogen-bond donors (Lipinski definition) is 5. The van der Waals surface area contributed by atoms with E-state index in [1.54, 1.807) is 59.5 Å². The molecule has 2 fully saturated rings. The van der Waals surface area contributed by atoms with Gasteiger partial charge in [0.1, 0.15) is 35.5 Å². The van der Waals surface area contributed by atoms with Crippen LogP contribution >= 0.6 is 0 Å². The molecule has 17 heteroatoms. The molecule has 4 aromatic rings. The fraction of sp³-hybridized carbons (Fsp3) is 0.318. The van der Waals surface area contributed by atoms with Gasteiger partial charge in [-0.2, -0.15) is 0 Å². The molecular weight excluding hydrogens is 783 g/mol. The first-order valence-corrected chi connectivity index (χ1v) is 20.2. The van der Waals surface area contributed by atoms with Crippen molar-refractivity contribution < 1.29 is 38.2 Å². The van der Waals surface area contributed by atoms with Gasteiger partial charge in [-0.3, -0.25) is 39.6 Å². The molecule has 0 aliphatic carbocycles. The molecule has 17 nitrogen and oxygen atoms in total. The van der Waals surface area contributed by atoms with E-state index < -0.39 is 29.7 Å². The first-order valence-electron chi connectivity index (χ1n) is 20.2. The van der Waals surface area contributed by atoms with Gasteiger partial charge in [-0.15, -0.1) is 0 Å². The molecule has 4 heterocycles. The van der Waals surface area contributed by atoms with E-state index >= 15 is 0 Å². The Balaban J connectivity index is 0.797. The molecule has 3 aromatic carbocycles. The summed E-state index contributed by atoms with van der Waals surface area (Å²) in [5, 5.41) is 17.7. The van der Waals surface area contributed by atoms with Crippen molar-refractivity contribution >= 4 is 52.6 Å². The number of imide groups is 2. The number of amides is 5. The molecule has 316 valence electrons. The minimum atomic E-state index is -1.03. The van der Waals surface area contributed by atoms with E-state index in [1.807, 2.05) is 30.3 Å². The molecule has 5 amide bonds. The van der Waals surface area contributed by atoms with Crippen molar-refractivity contribution in [3.8, 4) is 11.5 Å². The molecule has 3 aliphatic heterocycles. The average Bonchev–Trinajstić information content (AvgIpc) is 3.52. The van der Waals surface area contributed by atoms with Crippen molar-refractivity contribution in [2.75, 3.05) is 62.4 Å². The summed E-state index contributed by atoms with van der Waals surface area (Å²) in [4.78, 5) is 74.6. The van der Waals surface area contributed by atoms with Crippen LogP contribution in [-0.4, -0.2) is 113 Å². The first-order chi connectivity index (χ1) is 29.7. The van der Waals surface area contributed by atoms with Crippen LogP contribution in [0.4, 0.5) is 17.3 Å². The number of anilines is 3. The van der Waals surface area contributed by atoms with E-state index in [2.05, 4.69) is 25.9 Å². The maximum absolute atomic E-state index is 13.3. The van der Waals surface area contributed by atoms with Crippen LogP contribution in [0.25, 0.3) is 0 Å². The van der Waals surface area contributed by atoms with Gasteiger partial charge in [0.25, 0.3) is 11.8 Å². The largest absolute Gasteiger partial charge is 0.457 e. The number of nitrogens with one attached hydrogen (secondary N) is 4. The number of carbonyl (C=O) groups is 5. The van der Waals surface area contributed by atoms with E-state index in [1.165, 1.54) is 6.33 Å². The van der Waals surface area contributed by atoms with Crippen LogP contribution in [0.2, 0.25) is 0 Å². The first kappa shape index (κ1) is 42.2. The number of piperidine rings is 2. The summed E-state index contributed by atoms with van der Waals surface area (Å²) in [6.07, 6.45) is 6.99. The maximum Gasteiger partial charge on any atom is 0.264 e. The third-order valence-electron chi connectivity index (χ3n) is 10.4. The molecule has 0 bridgehead atoms. The predicted molar refractivity (Wildman–Crippen MR) is 226 cm³/mol. The Kier molecular flexibility index (Phi) is 13.7. The number of ether oxygens (including phenoxy) is 3. The van der Waals surface area contributed by atoms with Crippen LogP contribution in [0.5, 0.6) is 11.5 Å². The van der Waals surface area contributed by atoms with Crippen molar-refractivity contribution in [3.63, 3.8) is 0 Å². The Labute approximate surface area is 352 Å². The highest BCUT2D eigenvalue weighted by atomic mass is 16.5. The van der Waals surface area contributed by atoms with E-state index in [4.69, 9.17) is 25.4 Å². The number of carbonyl (C=O) groups excluding carboxylic acids is 5. The molecular formula is C44H47N9O8. The highest BCUT2D eigenvalue weighted by Crippen LogP contribution is 2.32. The lowest BCUT2D eigenvalue weighted by Gasteiger charge is -2.33. The molecule has 2 unspecified atom stereocenters. The topological polar surface area (TPSA) is 231 Å².